The van der Waals surface area contributed by atoms with E-state index in [9.17, 15) is 9.00 Å². The number of amides is 2. The molecular formula is C18H24N6O2S. The Kier molecular flexibility index (Phi) is 4.65. The van der Waals surface area contributed by atoms with Crippen molar-refractivity contribution in [3.05, 3.63) is 40.6 Å². The number of rotatable bonds is 5. The minimum Gasteiger partial charge on any atom is -0.329 e. The summed E-state index contributed by atoms with van der Waals surface area (Å²) in [4.78, 5) is 12.6. The first-order chi connectivity index (χ1) is 13.0. The van der Waals surface area contributed by atoms with Gasteiger partial charge in [-0.3, -0.25) is 4.68 Å². The molecule has 0 radical (unpaired) electrons. The Morgan fingerprint density at radius 2 is 1.89 bits per heavy atom. The second kappa shape index (κ2) is 6.97. The number of nitrogens with zero attached hydrogens (tertiary/aromatic N) is 2. The predicted molar refractivity (Wildman–Crippen MR) is 103 cm³/mol. The minimum atomic E-state index is -3.54. The maximum Gasteiger partial charge on any atom is 0.332 e. The van der Waals surface area contributed by atoms with E-state index in [1.54, 1.807) is 6.20 Å². The van der Waals surface area contributed by atoms with Crippen LogP contribution in [0.2, 0.25) is 0 Å². The number of anilines is 1. The summed E-state index contributed by atoms with van der Waals surface area (Å²) in [6.07, 6.45) is 7.73. The molecule has 1 heterocycles. The van der Waals surface area contributed by atoms with E-state index >= 15 is 0 Å². The molecule has 2 amide bonds. The lowest BCUT2D eigenvalue weighted by Crippen LogP contribution is -2.34. The van der Waals surface area contributed by atoms with Crippen LogP contribution in [-0.4, -0.2) is 26.6 Å². The molecule has 1 aromatic carbocycles. The number of carbonyl (C=O) groups excluding carboxylic acids is 1. The highest BCUT2D eigenvalue weighted by Gasteiger charge is 2.26. The van der Waals surface area contributed by atoms with Crippen LogP contribution in [0, 0.1) is 4.78 Å². The molecule has 2 aliphatic carbocycles. The first kappa shape index (κ1) is 18.0. The average molecular weight is 388 g/mol. The Labute approximate surface area is 158 Å². The molecule has 5 N–H and O–H groups in total. The van der Waals surface area contributed by atoms with E-state index in [0.717, 1.165) is 44.2 Å². The van der Waals surface area contributed by atoms with Gasteiger partial charge in [-0.1, -0.05) is 6.07 Å². The van der Waals surface area contributed by atoms with Crippen LogP contribution < -0.4 is 15.8 Å². The van der Waals surface area contributed by atoms with Crippen molar-refractivity contribution in [2.24, 2.45) is 5.73 Å². The van der Waals surface area contributed by atoms with Gasteiger partial charge in [0.15, 0.2) is 14.9 Å². The number of nitrogens with two attached hydrogens (primary N) is 1. The number of benzene rings is 1. The number of hydrogen-bond acceptors (Lipinski definition) is 5. The number of hydrogen-bond donors (Lipinski definition) is 4. The van der Waals surface area contributed by atoms with Crippen LogP contribution in [-0.2, 0) is 42.1 Å². The van der Waals surface area contributed by atoms with Gasteiger partial charge in [0, 0.05) is 18.4 Å². The van der Waals surface area contributed by atoms with Gasteiger partial charge >= 0.3 is 6.03 Å². The second-order valence-electron chi connectivity index (χ2n) is 7.05. The minimum absolute atomic E-state index is 0.0228. The second-order valence-corrected chi connectivity index (χ2v) is 8.79. The standard InChI is InChI=1S/C18H24N6O2S/c19-8-10-24-9-7-16(22-24)27(20,26)23-18(25)21-17-14-5-1-3-12(14)11-13-4-2-6-15(13)17/h7,9,11H,1-6,8,10,19H2,(H3,20,21,23,25,26). The van der Waals surface area contributed by atoms with Gasteiger partial charge in [0.25, 0.3) is 0 Å². The van der Waals surface area contributed by atoms with Crippen LogP contribution in [0.25, 0.3) is 0 Å². The topological polar surface area (TPSA) is 126 Å². The molecule has 0 bridgehead atoms. The summed E-state index contributed by atoms with van der Waals surface area (Å²) in [7, 11) is -3.54. The lowest BCUT2D eigenvalue weighted by atomic mass is 9.99. The van der Waals surface area contributed by atoms with Gasteiger partial charge in [0.1, 0.15) is 0 Å². The van der Waals surface area contributed by atoms with E-state index in [0.29, 0.717) is 13.1 Å². The van der Waals surface area contributed by atoms with E-state index in [4.69, 9.17) is 10.5 Å². The van der Waals surface area contributed by atoms with Crippen molar-refractivity contribution < 1.29 is 9.00 Å². The Bertz CT molecular complexity index is 963. The molecule has 27 heavy (non-hydrogen) atoms. The summed E-state index contributed by atoms with van der Waals surface area (Å²) in [5.74, 6) is 0. The van der Waals surface area contributed by atoms with E-state index in [1.165, 1.54) is 33.0 Å². The summed E-state index contributed by atoms with van der Waals surface area (Å²) in [6, 6.07) is 3.13. The van der Waals surface area contributed by atoms with Crippen molar-refractivity contribution in [3.8, 4) is 0 Å². The smallest absolute Gasteiger partial charge is 0.329 e. The average Bonchev–Trinajstić information content (AvgIpc) is 3.34. The van der Waals surface area contributed by atoms with Crippen molar-refractivity contribution in [1.82, 2.24) is 14.5 Å². The molecule has 0 fully saturated rings. The molecular weight excluding hydrogens is 364 g/mol. The lowest BCUT2D eigenvalue weighted by Gasteiger charge is -2.17. The van der Waals surface area contributed by atoms with Gasteiger partial charge in [0.05, 0.1) is 6.54 Å². The maximum atomic E-state index is 12.7. The van der Waals surface area contributed by atoms with Gasteiger partial charge < -0.3 is 11.1 Å². The number of aryl methyl sites for hydroxylation is 2. The summed E-state index contributed by atoms with van der Waals surface area (Å²) in [5, 5.41) is 7.00. The Hall–Kier alpha value is -2.39. The number of nitrogens with one attached hydrogen (secondary N) is 3. The summed E-state index contributed by atoms with van der Waals surface area (Å²) in [5.41, 5.74) is 11.3. The highest BCUT2D eigenvalue weighted by atomic mass is 32.2. The third kappa shape index (κ3) is 3.44. The van der Waals surface area contributed by atoms with Gasteiger partial charge in [0.2, 0.25) is 0 Å². The zero-order chi connectivity index (χ0) is 19.0. The molecule has 1 unspecified atom stereocenters. The van der Waals surface area contributed by atoms with Crippen molar-refractivity contribution in [1.29, 1.82) is 4.78 Å². The van der Waals surface area contributed by atoms with Crippen molar-refractivity contribution in [2.75, 3.05) is 11.9 Å². The molecule has 1 atom stereocenters. The van der Waals surface area contributed by atoms with E-state index in [2.05, 4.69) is 21.2 Å². The van der Waals surface area contributed by atoms with E-state index in [-0.39, 0.29) is 5.03 Å². The third-order valence-corrected chi connectivity index (χ3v) is 6.50. The van der Waals surface area contributed by atoms with Crippen molar-refractivity contribution in [2.45, 2.75) is 50.1 Å². The molecule has 8 nitrogen and oxygen atoms in total. The van der Waals surface area contributed by atoms with Gasteiger partial charge in [-0.2, -0.15) is 5.10 Å². The largest absolute Gasteiger partial charge is 0.332 e. The normalized spacial score (nSPS) is 17.2. The quantitative estimate of drug-likeness (QED) is 0.624. The number of aromatic nitrogens is 2. The van der Waals surface area contributed by atoms with Crippen LogP contribution in [0.3, 0.4) is 0 Å². The highest BCUT2D eigenvalue weighted by molar-refractivity contribution is 7.91. The third-order valence-electron chi connectivity index (χ3n) is 5.22. The van der Waals surface area contributed by atoms with Crippen LogP contribution in [0.1, 0.15) is 35.1 Å². The molecule has 0 saturated carbocycles. The monoisotopic (exact) mass is 388 g/mol. The van der Waals surface area contributed by atoms with Crippen molar-refractivity contribution >= 4 is 21.6 Å². The zero-order valence-corrected chi connectivity index (χ0v) is 15.9. The summed E-state index contributed by atoms with van der Waals surface area (Å²) in [6.45, 7) is 0.850. The maximum absolute atomic E-state index is 12.7. The lowest BCUT2D eigenvalue weighted by molar-refractivity contribution is 0.256. The summed E-state index contributed by atoms with van der Waals surface area (Å²) < 4.78 is 24.5. The zero-order valence-electron chi connectivity index (χ0n) is 15.1. The van der Waals surface area contributed by atoms with Gasteiger partial charge in [-0.05, 0) is 66.8 Å². The molecule has 9 heteroatoms. The van der Waals surface area contributed by atoms with Crippen LogP contribution in [0.15, 0.2) is 23.4 Å². The molecule has 0 saturated heterocycles. The molecule has 144 valence electrons. The van der Waals surface area contributed by atoms with Gasteiger partial charge in [-0.25, -0.2) is 18.5 Å². The van der Waals surface area contributed by atoms with Crippen molar-refractivity contribution in [3.63, 3.8) is 0 Å². The fourth-order valence-corrected chi connectivity index (χ4v) is 4.93. The Morgan fingerprint density at radius 3 is 2.52 bits per heavy atom. The predicted octanol–water partition coefficient (Wildman–Crippen LogP) is 1.96. The van der Waals surface area contributed by atoms with Gasteiger partial charge in [-0.15, -0.1) is 0 Å². The molecule has 1 aromatic heterocycles. The number of carbonyl (C=O) groups is 1. The SMILES string of the molecule is N=S(=O)(NC(=O)Nc1c2c(cc3c1CCC3)CCC2)c1ccn(CCN)n1. The van der Waals surface area contributed by atoms with Crippen LogP contribution in [0.4, 0.5) is 10.5 Å². The fraction of sp³-hybridized carbons (Fsp3) is 0.444. The molecule has 4 rings (SSSR count). The first-order valence-corrected chi connectivity index (χ1v) is 10.8. The fourth-order valence-electron chi connectivity index (χ4n) is 4.04. The summed E-state index contributed by atoms with van der Waals surface area (Å²) >= 11 is 0. The first-order valence-electron chi connectivity index (χ1n) is 9.25. The number of urea groups is 1. The van der Waals surface area contributed by atoms with Crippen LogP contribution >= 0.6 is 0 Å². The van der Waals surface area contributed by atoms with Crippen LogP contribution in [0.5, 0.6) is 0 Å². The molecule has 0 spiro atoms. The molecule has 0 aliphatic heterocycles. The Balaban J connectivity index is 1.55. The highest BCUT2D eigenvalue weighted by Crippen LogP contribution is 2.38. The Morgan fingerprint density at radius 1 is 1.22 bits per heavy atom. The molecule has 2 aliphatic rings. The number of fused-ring (bicyclic) bond motifs is 2. The molecule has 2 aromatic rings. The van der Waals surface area contributed by atoms with E-state index < -0.39 is 15.9 Å². The van der Waals surface area contributed by atoms with E-state index in [1.807, 2.05) is 0 Å².